The molecule has 3 unspecified atom stereocenters. The molecule has 0 N–H and O–H groups in total. The van der Waals surface area contributed by atoms with E-state index in [-0.39, 0.29) is 11.2 Å². The number of carbonyl (C=O) groups is 1. The van der Waals surface area contributed by atoms with Crippen molar-refractivity contribution in [2.45, 2.75) is 63.4 Å². The van der Waals surface area contributed by atoms with Crippen LogP contribution < -0.4 is 0 Å². The molecule has 0 aromatic rings. The fourth-order valence-corrected chi connectivity index (χ4v) is 3.87. The standard InChI is InChI=1S/C13H24O2S/c1-4-12(13(14)15-5-2)16-11-8-6-7-10(3)9-11/h10-12H,4-9H2,1-3H3. The zero-order valence-electron chi connectivity index (χ0n) is 10.7. The molecule has 94 valence electrons. The molecule has 1 aliphatic carbocycles. The highest BCUT2D eigenvalue weighted by Crippen LogP contribution is 2.35. The van der Waals surface area contributed by atoms with E-state index in [0.717, 1.165) is 12.3 Å². The summed E-state index contributed by atoms with van der Waals surface area (Å²) in [5, 5.41) is 0.716. The summed E-state index contributed by atoms with van der Waals surface area (Å²) in [7, 11) is 0. The van der Waals surface area contributed by atoms with E-state index in [9.17, 15) is 4.79 Å². The third-order valence-electron chi connectivity index (χ3n) is 3.17. The Balaban J connectivity index is 2.39. The van der Waals surface area contributed by atoms with Crippen LogP contribution >= 0.6 is 11.8 Å². The Morgan fingerprint density at radius 2 is 2.19 bits per heavy atom. The highest BCUT2D eigenvalue weighted by Gasteiger charge is 2.26. The van der Waals surface area contributed by atoms with E-state index >= 15 is 0 Å². The minimum absolute atomic E-state index is 0.0202. The van der Waals surface area contributed by atoms with Crippen LogP contribution in [0.2, 0.25) is 0 Å². The van der Waals surface area contributed by atoms with E-state index in [4.69, 9.17) is 4.74 Å². The number of hydrogen-bond donors (Lipinski definition) is 0. The highest BCUT2D eigenvalue weighted by molar-refractivity contribution is 8.01. The number of carbonyl (C=O) groups excluding carboxylic acids is 1. The molecule has 2 nitrogen and oxygen atoms in total. The SMILES string of the molecule is CCOC(=O)C(CC)SC1CCCC(C)C1. The van der Waals surface area contributed by atoms with Gasteiger partial charge in [-0.05, 0) is 32.1 Å². The van der Waals surface area contributed by atoms with E-state index < -0.39 is 0 Å². The topological polar surface area (TPSA) is 26.3 Å². The molecule has 1 aliphatic rings. The first-order valence-corrected chi connectivity index (χ1v) is 7.43. The molecule has 0 heterocycles. The molecule has 0 bridgehead atoms. The van der Waals surface area contributed by atoms with Gasteiger partial charge < -0.3 is 4.74 Å². The second kappa shape index (κ2) is 7.21. The van der Waals surface area contributed by atoms with Crippen LogP contribution in [-0.2, 0) is 9.53 Å². The van der Waals surface area contributed by atoms with E-state index in [2.05, 4.69) is 13.8 Å². The molecule has 1 rings (SSSR count). The average Bonchev–Trinajstić information content (AvgIpc) is 2.26. The Morgan fingerprint density at radius 3 is 2.75 bits per heavy atom. The first-order chi connectivity index (χ1) is 7.67. The molecule has 0 spiro atoms. The van der Waals surface area contributed by atoms with Crippen LogP contribution in [0.15, 0.2) is 0 Å². The van der Waals surface area contributed by atoms with Gasteiger partial charge >= 0.3 is 5.97 Å². The fourth-order valence-electron chi connectivity index (χ4n) is 2.29. The summed E-state index contributed by atoms with van der Waals surface area (Å²) in [6.07, 6.45) is 6.09. The van der Waals surface area contributed by atoms with Gasteiger partial charge in [0.1, 0.15) is 5.25 Å². The van der Waals surface area contributed by atoms with E-state index in [1.165, 1.54) is 25.7 Å². The molecule has 0 saturated heterocycles. The number of hydrogen-bond acceptors (Lipinski definition) is 3. The lowest BCUT2D eigenvalue weighted by Crippen LogP contribution is -2.25. The first-order valence-electron chi connectivity index (χ1n) is 6.49. The van der Waals surface area contributed by atoms with E-state index in [1.54, 1.807) is 0 Å². The summed E-state index contributed by atoms with van der Waals surface area (Å²) in [5.41, 5.74) is 0. The summed E-state index contributed by atoms with van der Waals surface area (Å²) < 4.78 is 5.10. The van der Waals surface area contributed by atoms with Crippen molar-refractivity contribution >= 4 is 17.7 Å². The van der Waals surface area contributed by atoms with Crippen molar-refractivity contribution in [3.05, 3.63) is 0 Å². The summed E-state index contributed by atoms with van der Waals surface area (Å²) in [6.45, 7) is 6.76. The van der Waals surface area contributed by atoms with Gasteiger partial charge in [0.05, 0.1) is 6.61 Å². The molecular formula is C13H24O2S. The number of ether oxygens (including phenoxy) is 1. The predicted octanol–water partition coefficient (Wildman–Crippen LogP) is 3.64. The van der Waals surface area contributed by atoms with Crippen molar-refractivity contribution in [3.63, 3.8) is 0 Å². The smallest absolute Gasteiger partial charge is 0.319 e. The Bertz CT molecular complexity index is 218. The molecule has 0 aliphatic heterocycles. The van der Waals surface area contributed by atoms with Gasteiger partial charge in [-0.25, -0.2) is 0 Å². The fraction of sp³-hybridized carbons (Fsp3) is 0.923. The largest absolute Gasteiger partial charge is 0.465 e. The predicted molar refractivity (Wildman–Crippen MR) is 69.7 cm³/mol. The zero-order chi connectivity index (χ0) is 12.0. The summed E-state index contributed by atoms with van der Waals surface area (Å²) in [4.78, 5) is 11.7. The normalized spacial score (nSPS) is 27.4. The third-order valence-corrected chi connectivity index (χ3v) is 4.83. The van der Waals surface area contributed by atoms with Gasteiger partial charge in [-0.3, -0.25) is 4.79 Å². The molecule has 16 heavy (non-hydrogen) atoms. The molecular weight excluding hydrogens is 220 g/mol. The quantitative estimate of drug-likeness (QED) is 0.691. The molecule has 1 saturated carbocycles. The van der Waals surface area contributed by atoms with Crippen LogP contribution in [0, 0.1) is 5.92 Å². The van der Waals surface area contributed by atoms with Crippen molar-refractivity contribution in [3.8, 4) is 0 Å². The summed E-state index contributed by atoms with van der Waals surface area (Å²) in [6, 6.07) is 0. The molecule has 3 heteroatoms. The molecule has 3 atom stereocenters. The van der Waals surface area contributed by atoms with Crippen LogP contribution in [0.5, 0.6) is 0 Å². The van der Waals surface area contributed by atoms with Gasteiger partial charge in [0.2, 0.25) is 0 Å². The second-order valence-corrected chi connectivity index (χ2v) is 6.19. The van der Waals surface area contributed by atoms with E-state index in [1.807, 2.05) is 18.7 Å². The third kappa shape index (κ3) is 4.36. The number of rotatable bonds is 5. The van der Waals surface area contributed by atoms with Crippen LogP contribution in [-0.4, -0.2) is 23.1 Å². The Hall–Kier alpha value is -0.180. The van der Waals surface area contributed by atoms with Gasteiger partial charge in [-0.15, -0.1) is 11.8 Å². The monoisotopic (exact) mass is 244 g/mol. The van der Waals surface area contributed by atoms with Gasteiger partial charge in [0.15, 0.2) is 0 Å². The summed E-state index contributed by atoms with van der Waals surface area (Å²) >= 11 is 1.84. The van der Waals surface area contributed by atoms with Gasteiger partial charge in [-0.2, -0.15) is 0 Å². The maximum atomic E-state index is 11.7. The number of esters is 1. The Morgan fingerprint density at radius 1 is 1.44 bits per heavy atom. The van der Waals surface area contributed by atoms with Gasteiger partial charge in [0.25, 0.3) is 0 Å². The number of thioether (sulfide) groups is 1. The minimum atomic E-state index is -0.0202. The van der Waals surface area contributed by atoms with Crippen molar-refractivity contribution in [1.82, 2.24) is 0 Å². The molecule has 0 radical (unpaired) electrons. The van der Waals surface area contributed by atoms with Crippen LogP contribution in [0.1, 0.15) is 52.9 Å². The lowest BCUT2D eigenvalue weighted by atomic mass is 9.91. The second-order valence-electron chi connectivity index (χ2n) is 4.68. The van der Waals surface area contributed by atoms with Gasteiger partial charge in [-0.1, -0.05) is 26.7 Å². The molecule has 0 amide bonds. The lowest BCUT2D eigenvalue weighted by molar-refractivity contribution is -0.142. The van der Waals surface area contributed by atoms with Gasteiger partial charge in [0, 0.05) is 5.25 Å². The minimum Gasteiger partial charge on any atom is -0.465 e. The van der Waals surface area contributed by atoms with Crippen molar-refractivity contribution < 1.29 is 9.53 Å². The Kier molecular flexibility index (Phi) is 6.25. The van der Waals surface area contributed by atoms with Crippen molar-refractivity contribution in [1.29, 1.82) is 0 Å². The lowest BCUT2D eigenvalue weighted by Gasteiger charge is -2.28. The Labute approximate surface area is 104 Å². The maximum absolute atomic E-state index is 11.7. The molecule has 0 aromatic heterocycles. The summed E-state index contributed by atoms with van der Waals surface area (Å²) in [5.74, 6) is 0.805. The first kappa shape index (κ1) is 13.9. The van der Waals surface area contributed by atoms with Crippen molar-refractivity contribution in [2.24, 2.45) is 5.92 Å². The van der Waals surface area contributed by atoms with E-state index in [0.29, 0.717) is 11.9 Å². The highest BCUT2D eigenvalue weighted by atomic mass is 32.2. The molecule has 0 aromatic carbocycles. The van der Waals surface area contributed by atoms with Crippen LogP contribution in [0.3, 0.4) is 0 Å². The van der Waals surface area contributed by atoms with Crippen molar-refractivity contribution in [2.75, 3.05) is 6.61 Å². The van der Waals surface area contributed by atoms with Crippen LogP contribution in [0.25, 0.3) is 0 Å². The average molecular weight is 244 g/mol. The maximum Gasteiger partial charge on any atom is 0.319 e. The molecule has 1 fully saturated rings. The van der Waals surface area contributed by atoms with Crippen LogP contribution in [0.4, 0.5) is 0 Å². The zero-order valence-corrected chi connectivity index (χ0v) is 11.5.